The fourth-order valence-electron chi connectivity index (χ4n) is 2.74. The van der Waals surface area contributed by atoms with Crippen LogP contribution in [0.1, 0.15) is 25.8 Å². The second kappa shape index (κ2) is 7.41. The van der Waals surface area contributed by atoms with Gasteiger partial charge in [-0.25, -0.2) is 0 Å². The van der Waals surface area contributed by atoms with Crippen LogP contribution in [0.25, 0.3) is 0 Å². The van der Waals surface area contributed by atoms with Gasteiger partial charge in [0.2, 0.25) is 0 Å². The maximum Gasteiger partial charge on any atom is 0.309 e. The fourth-order valence-corrected chi connectivity index (χ4v) is 3.69. The van der Waals surface area contributed by atoms with Crippen LogP contribution in [-0.2, 0) is 16.1 Å². The molecule has 0 aromatic heterocycles. The highest BCUT2D eigenvalue weighted by Gasteiger charge is 2.51. The highest BCUT2D eigenvalue weighted by Crippen LogP contribution is 2.53. The Kier molecular flexibility index (Phi) is 6.19. The van der Waals surface area contributed by atoms with E-state index in [9.17, 15) is 4.79 Å². The monoisotopic (exact) mass is 414 g/mol. The van der Waals surface area contributed by atoms with Crippen LogP contribution in [0.15, 0.2) is 22.7 Å². The number of esters is 1. The lowest BCUT2D eigenvalue weighted by atomic mass is 9.55. The lowest BCUT2D eigenvalue weighted by Gasteiger charge is -2.49. The van der Waals surface area contributed by atoms with Gasteiger partial charge < -0.3 is 4.74 Å². The van der Waals surface area contributed by atoms with E-state index in [1.807, 2.05) is 13.8 Å². The molecular weight excluding hydrogens is 401 g/mol. The average molecular weight is 417 g/mol. The first-order valence-electron chi connectivity index (χ1n) is 6.95. The Balaban J connectivity index is 1.98. The number of carbonyl (C=O) groups excluding carboxylic acids is 1. The summed E-state index contributed by atoms with van der Waals surface area (Å²) in [5.74, 6) is -0.299. The van der Waals surface area contributed by atoms with E-state index < -0.39 is 0 Å². The topological polar surface area (TPSA) is 26.3 Å². The molecule has 1 aliphatic rings. The van der Waals surface area contributed by atoms with Crippen molar-refractivity contribution >= 4 is 64.0 Å². The summed E-state index contributed by atoms with van der Waals surface area (Å²) in [4.78, 5) is 12.3. The molecule has 0 heterocycles. The highest BCUT2D eigenvalue weighted by atomic mass is 35.5. The first kappa shape index (κ1) is 19.2. The highest BCUT2D eigenvalue weighted by molar-refractivity contribution is 6.55. The molecule has 1 aliphatic carbocycles. The molecular formula is C16H15Cl5O2. The van der Waals surface area contributed by atoms with Gasteiger partial charge in [-0.15, -0.1) is 0 Å². The normalized spacial score (nSPS) is 22.2. The molecule has 2 unspecified atom stereocenters. The second-order valence-electron chi connectivity index (χ2n) is 6.15. The molecule has 0 aliphatic heterocycles. The zero-order valence-electron chi connectivity index (χ0n) is 12.5. The zero-order chi connectivity index (χ0) is 17.4. The minimum absolute atomic E-state index is 0.0960. The van der Waals surface area contributed by atoms with E-state index in [0.29, 0.717) is 22.0 Å². The first-order valence-corrected chi connectivity index (χ1v) is 8.84. The summed E-state index contributed by atoms with van der Waals surface area (Å²) in [5, 5.41) is 0.948. The summed E-state index contributed by atoms with van der Waals surface area (Å²) in [6.07, 6.45) is 2.43. The largest absolute Gasteiger partial charge is 0.461 e. The third-order valence-corrected chi connectivity index (χ3v) is 5.83. The van der Waals surface area contributed by atoms with Crippen molar-refractivity contribution in [3.63, 3.8) is 0 Å². The fraction of sp³-hybridized carbons (Fsp3) is 0.438. The number of carbonyl (C=O) groups is 1. The molecule has 1 aromatic rings. The van der Waals surface area contributed by atoms with Crippen molar-refractivity contribution in [2.45, 2.75) is 26.9 Å². The smallest absolute Gasteiger partial charge is 0.309 e. The number of hydrogen-bond acceptors (Lipinski definition) is 2. The SMILES string of the molecule is CC1(C)C(C=C(Cl)Cl)CC1C(=O)OCc1cc(Cl)c(Cl)c(Cl)c1. The predicted molar refractivity (Wildman–Crippen MR) is 96.4 cm³/mol. The van der Waals surface area contributed by atoms with Crippen LogP contribution in [0.4, 0.5) is 0 Å². The van der Waals surface area contributed by atoms with Gasteiger partial charge >= 0.3 is 5.97 Å². The Bertz CT molecular complexity index is 627. The molecule has 0 amide bonds. The van der Waals surface area contributed by atoms with Gasteiger partial charge in [0.1, 0.15) is 11.1 Å². The van der Waals surface area contributed by atoms with Crippen LogP contribution in [0.5, 0.6) is 0 Å². The van der Waals surface area contributed by atoms with Crippen LogP contribution < -0.4 is 0 Å². The van der Waals surface area contributed by atoms with Crippen LogP contribution >= 0.6 is 58.0 Å². The van der Waals surface area contributed by atoms with Crippen molar-refractivity contribution in [2.75, 3.05) is 0 Å². The quantitative estimate of drug-likeness (QED) is 0.405. The number of rotatable bonds is 4. The van der Waals surface area contributed by atoms with Crippen molar-refractivity contribution in [3.8, 4) is 0 Å². The lowest BCUT2D eigenvalue weighted by molar-refractivity contribution is -0.164. The standard InChI is InChI=1S/C16H15Cl5O2/c1-16(2)9(6-13(19)20)5-10(16)15(22)23-7-8-3-11(17)14(21)12(18)4-8/h3-4,6,9-10H,5,7H2,1-2H3. The van der Waals surface area contributed by atoms with E-state index in [2.05, 4.69) is 0 Å². The number of halogens is 5. The lowest BCUT2D eigenvalue weighted by Crippen LogP contribution is -2.48. The third-order valence-electron chi connectivity index (χ3n) is 4.38. The minimum atomic E-state index is -0.257. The van der Waals surface area contributed by atoms with Crippen molar-refractivity contribution in [1.29, 1.82) is 0 Å². The molecule has 7 heteroatoms. The molecule has 2 atom stereocenters. The number of ether oxygens (including phenoxy) is 1. The maximum atomic E-state index is 12.3. The van der Waals surface area contributed by atoms with Gasteiger partial charge in [0, 0.05) is 0 Å². The Morgan fingerprint density at radius 3 is 2.30 bits per heavy atom. The van der Waals surface area contributed by atoms with Crippen molar-refractivity contribution < 1.29 is 9.53 Å². The van der Waals surface area contributed by atoms with Gasteiger partial charge in [-0.3, -0.25) is 4.79 Å². The molecule has 0 bridgehead atoms. The summed E-state index contributed by atoms with van der Waals surface area (Å²) in [6, 6.07) is 3.27. The first-order chi connectivity index (χ1) is 10.6. The Morgan fingerprint density at radius 2 is 1.83 bits per heavy atom. The Morgan fingerprint density at radius 1 is 1.26 bits per heavy atom. The second-order valence-corrected chi connectivity index (χ2v) is 8.35. The van der Waals surface area contributed by atoms with E-state index in [0.717, 1.165) is 0 Å². The molecule has 0 radical (unpaired) electrons. The zero-order valence-corrected chi connectivity index (χ0v) is 16.3. The van der Waals surface area contributed by atoms with Gasteiger partial charge in [0.15, 0.2) is 0 Å². The van der Waals surface area contributed by atoms with Gasteiger partial charge in [-0.05, 0) is 35.4 Å². The van der Waals surface area contributed by atoms with Gasteiger partial charge in [0.05, 0.1) is 21.0 Å². The van der Waals surface area contributed by atoms with Crippen molar-refractivity contribution in [2.24, 2.45) is 17.3 Å². The molecule has 1 aromatic carbocycles. The minimum Gasteiger partial charge on any atom is -0.461 e. The third kappa shape index (κ3) is 4.29. The van der Waals surface area contributed by atoms with E-state index in [-0.39, 0.29) is 39.3 Å². The van der Waals surface area contributed by atoms with Crippen LogP contribution in [0.2, 0.25) is 15.1 Å². The molecule has 0 spiro atoms. The van der Waals surface area contributed by atoms with Crippen LogP contribution in [0, 0.1) is 17.3 Å². The summed E-state index contributed by atoms with van der Waals surface area (Å²) >= 11 is 29.2. The van der Waals surface area contributed by atoms with Crippen molar-refractivity contribution in [3.05, 3.63) is 43.3 Å². The Hall–Kier alpha value is -0.120. The van der Waals surface area contributed by atoms with Gasteiger partial charge in [-0.2, -0.15) is 0 Å². The molecule has 1 fully saturated rings. The van der Waals surface area contributed by atoms with E-state index in [1.165, 1.54) is 0 Å². The molecule has 126 valence electrons. The van der Waals surface area contributed by atoms with Crippen LogP contribution in [-0.4, -0.2) is 5.97 Å². The van der Waals surface area contributed by atoms with Crippen LogP contribution in [0.3, 0.4) is 0 Å². The molecule has 2 nitrogen and oxygen atoms in total. The summed E-state index contributed by atoms with van der Waals surface area (Å²) in [5.41, 5.74) is 0.441. The molecule has 1 saturated carbocycles. The van der Waals surface area contributed by atoms with Gasteiger partial charge in [0.25, 0.3) is 0 Å². The number of benzene rings is 1. The summed E-state index contributed by atoms with van der Waals surface area (Å²) in [6.45, 7) is 4.09. The predicted octanol–water partition coefficient (Wildman–Crippen LogP) is 6.67. The van der Waals surface area contributed by atoms with Crippen molar-refractivity contribution in [1.82, 2.24) is 0 Å². The number of allylic oxidation sites excluding steroid dienone is 1. The molecule has 0 saturated heterocycles. The summed E-state index contributed by atoms with van der Waals surface area (Å²) in [7, 11) is 0. The van der Waals surface area contributed by atoms with E-state index in [1.54, 1.807) is 18.2 Å². The van der Waals surface area contributed by atoms with E-state index in [4.69, 9.17) is 62.7 Å². The molecule has 23 heavy (non-hydrogen) atoms. The molecule has 2 rings (SSSR count). The summed E-state index contributed by atoms with van der Waals surface area (Å²) < 4.78 is 5.61. The average Bonchev–Trinajstić information content (AvgIpc) is 2.45. The molecule has 0 N–H and O–H groups in total. The van der Waals surface area contributed by atoms with Gasteiger partial charge in [-0.1, -0.05) is 77.9 Å². The number of hydrogen-bond donors (Lipinski definition) is 0. The maximum absolute atomic E-state index is 12.3. The van der Waals surface area contributed by atoms with E-state index >= 15 is 0 Å². The Labute approximate surface area is 160 Å².